The van der Waals surface area contributed by atoms with Gasteiger partial charge in [-0.1, -0.05) is 41.4 Å². The van der Waals surface area contributed by atoms with Crippen molar-refractivity contribution in [2.24, 2.45) is 0 Å². The third-order valence-electron chi connectivity index (χ3n) is 2.25. The number of alkyl halides is 3. The van der Waals surface area contributed by atoms with Gasteiger partial charge in [0.1, 0.15) is 0 Å². The van der Waals surface area contributed by atoms with Crippen molar-refractivity contribution in [3.05, 3.63) is 30.3 Å². The van der Waals surface area contributed by atoms with Gasteiger partial charge in [0.05, 0.1) is 16.8 Å². The molecule has 8 heteroatoms. The molecular weight excluding hydrogens is 349 g/mol. The van der Waals surface area contributed by atoms with Gasteiger partial charge in [0.25, 0.3) is 0 Å². The van der Waals surface area contributed by atoms with Crippen LogP contribution in [0.2, 0.25) is 0 Å². The second-order valence-corrected chi connectivity index (χ2v) is 9.75. The maximum absolute atomic E-state index is 12.1. The molecule has 19 heavy (non-hydrogen) atoms. The molecule has 0 aromatic heterocycles. The fourth-order valence-electron chi connectivity index (χ4n) is 1.12. The van der Waals surface area contributed by atoms with Crippen molar-refractivity contribution < 1.29 is 8.42 Å². The Labute approximate surface area is 133 Å². The van der Waals surface area contributed by atoms with Gasteiger partial charge in [0.2, 0.25) is 10.0 Å². The molecule has 1 atom stereocenters. The van der Waals surface area contributed by atoms with E-state index in [1.807, 2.05) is 0 Å². The lowest BCUT2D eigenvalue weighted by atomic mass is 10.3. The SMILES string of the molecule is CCS(=O)(=O)N(SC(Cl)(Cl)C(C)Cl)c1ccccc1. The van der Waals surface area contributed by atoms with Crippen molar-refractivity contribution in [1.29, 1.82) is 0 Å². The van der Waals surface area contributed by atoms with E-state index < -0.39 is 19.1 Å². The molecule has 0 heterocycles. The normalized spacial score (nSPS) is 14.2. The Kier molecular flexibility index (Phi) is 6.14. The summed E-state index contributed by atoms with van der Waals surface area (Å²) in [6.07, 6.45) is 0. The maximum atomic E-state index is 12.1. The van der Waals surface area contributed by atoms with Crippen molar-refractivity contribution in [3.63, 3.8) is 0 Å². The summed E-state index contributed by atoms with van der Waals surface area (Å²) in [4.78, 5) is 0. The number of benzene rings is 1. The molecule has 3 nitrogen and oxygen atoms in total. The van der Waals surface area contributed by atoms with E-state index in [9.17, 15) is 8.42 Å². The quantitative estimate of drug-likeness (QED) is 0.561. The highest BCUT2D eigenvalue weighted by Crippen LogP contribution is 2.45. The summed E-state index contributed by atoms with van der Waals surface area (Å²) in [6.45, 7) is 3.16. The number of hydrogen-bond acceptors (Lipinski definition) is 3. The topological polar surface area (TPSA) is 37.4 Å². The lowest BCUT2D eigenvalue weighted by Crippen LogP contribution is -2.33. The smallest absolute Gasteiger partial charge is 0.209 e. The summed E-state index contributed by atoms with van der Waals surface area (Å²) < 4.78 is 24.0. The minimum atomic E-state index is -3.51. The summed E-state index contributed by atoms with van der Waals surface area (Å²) >= 11 is 18.8. The molecular formula is C11H14Cl3NO2S2. The Hall–Kier alpha value is 0.190. The zero-order valence-electron chi connectivity index (χ0n) is 10.4. The van der Waals surface area contributed by atoms with Gasteiger partial charge in [-0.25, -0.2) is 12.1 Å². The molecule has 1 unspecified atom stereocenters. The number of halogens is 3. The van der Waals surface area contributed by atoms with E-state index in [1.165, 1.54) is 0 Å². The van der Waals surface area contributed by atoms with Crippen LogP contribution in [0.4, 0.5) is 5.69 Å². The molecule has 0 spiro atoms. The van der Waals surface area contributed by atoms with Crippen LogP contribution in [0, 0.1) is 0 Å². The minimum absolute atomic E-state index is 0.0601. The Morgan fingerprint density at radius 3 is 2.26 bits per heavy atom. The molecule has 0 aliphatic carbocycles. The van der Waals surface area contributed by atoms with Gasteiger partial charge in [-0.05, 0) is 26.0 Å². The van der Waals surface area contributed by atoms with Crippen LogP contribution in [-0.2, 0) is 10.0 Å². The molecule has 0 amide bonds. The van der Waals surface area contributed by atoms with Crippen molar-refractivity contribution in [3.8, 4) is 0 Å². The first kappa shape index (κ1) is 17.2. The van der Waals surface area contributed by atoms with E-state index in [-0.39, 0.29) is 5.75 Å². The van der Waals surface area contributed by atoms with E-state index in [0.717, 1.165) is 15.7 Å². The Bertz CT molecular complexity index is 506. The number of anilines is 1. The fourth-order valence-corrected chi connectivity index (χ4v) is 4.29. The fraction of sp³-hybridized carbons (Fsp3) is 0.455. The maximum Gasteiger partial charge on any atom is 0.244 e. The zero-order chi connectivity index (χ0) is 14.7. The average Bonchev–Trinajstić information content (AvgIpc) is 2.36. The zero-order valence-corrected chi connectivity index (χ0v) is 14.3. The Morgan fingerprint density at radius 2 is 1.84 bits per heavy atom. The molecule has 0 fully saturated rings. The lowest BCUT2D eigenvalue weighted by molar-refractivity contribution is 0.599. The number of para-hydroxylation sites is 1. The standard InChI is InChI=1S/C11H14Cl3NO2S2/c1-3-19(16,17)15(10-7-5-4-6-8-10)18-11(13,14)9(2)12/h4-9H,3H2,1-2H3. The number of sulfonamides is 1. The Balaban J connectivity index is 3.16. The van der Waals surface area contributed by atoms with E-state index >= 15 is 0 Å². The van der Waals surface area contributed by atoms with Crippen LogP contribution in [0.15, 0.2) is 30.3 Å². The first-order valence-corrected chi connectivity index (χ1v) is 9.07. The minimum Gasteiger partial charge on any atom is -0.209 e. The van der Waals surface area contributed by atoms with E-state index in [2.05, 4.69) is 0 Å². The van der Waals surface area contributed by atoms with E-state index in [4.69, 9.17) is 34.8 Å². The second kappa shape index (κ2) is 6.76. The van der Waals surface area contributed by atoms with Gasteiger partial charge in [-0.15, -0.1) is 11.6 Å². The van der Waals surface area contributed by atoms with Gasteiger partial charge in [0.15, 0.2) is 3.67 Å². The van der Waals surface area contributed by atoms with Gasteiger partial charge in [0, 0.05) is 11.9 Å². The number of rotatable bonds is 6. The summed E-state index contributed by atoms with van der Waals surface area (Å²) in [5.74, 6) is -0.0601. The predicted molar refractivity (Wildman–Crippen MR) is 85.7 cm³/mol. The molecule has 1 aromatic carbocycles. The first-order valence-electron chi connectivity index (χ1n) is 5.49. The van der Waals surface area contributed by atoms with Crippen LogP contribution in [0.3, 0.4) is 0 Å². The Morgan fingerprint density at radius 1 is 1.32 bits per heavy atom. The van der Waals surface area contributed by atoms with Crippen LogP contribution < -0.4 is 3.71 Å². The number of nitrogens with zero attached hydrogens (tertiary/aromatic N) is 1. The molecule has 0 aliphatic heterocycles. The highest BCUT2D eigenvalue weighted by atomic mass is 35.5. The van der Waals surface area contributed by atoms with Gasteiger partial charge in [-0.2, -0.15) is 0 Å². The van der Waals surface area contributed by atoms with Crippen molar-refractivity contribution in [1.82, 2.24) is 0 Å². The second-order valence-electron chi connectivity index (χ2n) is 3.73. The molecule has 1 rings (SSSR count). The van der Waals surface area contributed by atoms with Gasteiger partial charge in [-0.3, -0.25) is 0 Å². The highest BCUT2D eigenvalue weighted by Gasteiger charge is 2.38. The highest BCUT2D eigenvalue weighted by molar-refractivity contribution is 8.16. The first-order chi connectivity index (χ1) is 8.70. The molecule has 0 bridgehead atoms. The van der Waals surface area contributed by atoms with E-state index in [1.54, 1.807) is 44.2 Å². The molecule has 0 radical (unpaired) electrons. The van der Waals surface area contributed by atoms with Gasteiger partial charge < -0.3 is 0 Å². The van der Waals surface area contributed by atoms with Crippen LogP contribution in [0.25, 0.3) is 0 Å². The van der Waals surface area contributed by atoms with Crippen molar-refractivity contribution >= 4 is 62.5 Å². The molecule has 108 valence electrons. The molecule has 1 aromatic rings. The third-order valence-corrected chi connectivity index (χ3v) is 7.33. The monoisotopic (exact) mass is 361 g/mol. The van der Waals surface area contributed by atoms with Crippen molar-refractivity contribution in [2.75, 3.05) is 9.46 Å². The molecule has 0 N–H and O–H groups in total. The lowest BCUT2D eigenvalue weighted by Gasteiger charge is -2.30. The summed E-state index contributed by atoms with van der Waals surface area (Å²) in [6, 6.07) is 8.61. The molecule has 0 saturated heterocycles. The summed E-state index contributed by atoms with van der Waals surface area (Å²) in [7, 11) is -3.51. The van der Waals surface area contributed by atoms with E-state index in [0.29, 0.717) is 5.69 Å². The van der Waals surface area contributed by atoms with Crippen LogP contribution in [0.5, 0.6) is 0 Å². The predicted octanol–water partition coefficient (Wildman–Crippen LogP) is 4.25. The number of hydrogen-bond donors (Lipinski definition) is 0. The largest absolute Gasteiger partial charge is 0.244 e. The summed E-state index contributed by atoms with van der Waals surface area (Å²) in [5, 5.41) is -0.626. The molecule has 0 saturated carbocycles. The third kappa shape index (κ3) is 4.60. The van der Waals surface area contributed by atoms with Crippen LogP contribution in [-0.4, -0.2) is 23.2 Å². The van der Waals surface area contributed by atoms with Gasteiger partial charge >= 0.3 is 0 Å². The molecule has 0 aliphatic rings. The van der Waals surface area contributed by atoms with Crippen LogP contribution in [0.1, 0.15) is 13.8 Å². The van der Waals surface area contributed by atoms with Crippen LogP contribution >= 0.6 is 46.8 Å². The average molecular weight is 363 g/mol. The summed E-state index contributed by atoms with van der Waals surface area (Å²) in [5.41, 5.74) is 0.484. The van der Waals surface area contributed by atoms with Crippen molar-refractivity contribution in [2.45, 2.75) is 22.9 Å².